The van der Waals surface area contributed by atoms with Gasteiger partial charge >= 0.3 is 0 Å². The Labute approximate surface area is 140 Å². The zero-order valence-electron chi connectivity index (χ0n) is 13.4. The van der Waals surface area contributed by atoms with Gasteiger partial charge in [0.25, 0.3) is 0 Å². The maximum atomic E-state index is 13.8. The predicted molar refractivity (Wildman–Crippen MR) is 93.5 cm³/mol. The van der Waals surface area contributed by atoms with Gasteiger partial charge in [0.2, 0.25) is 0 Å². The lowest BCUT2D eigenvalue weighted by Crippen LogP contribution is -2.41. The van der Waals surface area contributed by atoms with Crippen molar-refractivity contribution in [3.63, 3.8) is 0 Å². The lowest BCUT2D eigenvalue weighted by molar-refractivity contribution is 0.0970. The Morgan fingerprint density at radius 2 is 2.00 bits per heavy atom. The van der Waals surface area contributed by atoms with Crippen LogP contribution in [0.2, 0.25) is 0 Å². The average Bonchev–Trinajstić information content (AvgIpc) is 3.25. The number of para-hydroxylation sites is 1. The van der Waals surface area contributed by atoms with Crippen molar-refractivity contribution < 1.29 is 9.50 Å². The van der Waals surface area contributed by atoms with E-state index in [1.807, 2.05) is 36.5 Å². The molecule has 3 atom stereocenters. The molecule has 1 aromatic heterocycles. The molecule has 0 saturated carbocycles. The number of nitrogens with one attached hydrogen (secondary N) is 1. The van der Waals surface area contributed by atoms with Crippen LogP contribution < -0.4 is 5.32 Å². The largest absolute Gasteiger partial charge is 0.389 e. The maximum absolute atomic E-state index is 13.8. The normalized spacial score (nSPS) is 20.3. The molecule has 4 rings (SSSR count). The van der Waals surface area contributed by atoms with Gasteiger partial charge in [-0.25, -0.2) is 4.39 Å². The number of aliphatic hydroxyl groups is 1. The highest BCUT2D eigenvalue weighted by molar-refractivity contribution is 5.80. The number of hydrogen-bond donors (Lipinski definition) is 2. The number of aromatic nitrogens is 1. The van der Waals surface area contributed by atoms with E-state index in [0.717, 1.165) is 35.9 Å². The SMILES string of the molecule is OC([C@@H]1CCCN1)[C@H](c1cccc(F)c1)n1ccc2ccccc21. The van der Waals surface area contributed by atoms with Gasteiger partial charge in [0.15, 0.2) is 0 Å². The van der Waals surface area contributed by atoms with E-state index in [1.165, 1.54) is 12.1 Å². The predicted octanol–water partition coefficient (Wildman–Crippen LogP) is 3.48. The molecule has 124 valence electrons. The van der Waals surface area contributed by atoms with Crippen LogP contribution in [-0.4, -0.2) is 28.4 Å². The highest BCUT2D eigenvalue weighted by Gasteiger charge is 2.32. The van der Waals surface area contributed by atoms with Gasteiger partial charge in [0.05, 0.1) is 12.1 Å². The van der Waals surface area contributed by atoms with Gasteiger partial charge in [0.1, 0.15) is 5.82 Å². The van der Waals surface area contributed by atoms with Crippen molar-refractivity contribution in [3.05, 3.63) is 72.2 Å². The minimum atomic E-state index is -0.620. The summed E-state index contributed by atoms with van der Waals surface area (Å²) in [5.41, 5.74) is 1.83. The summed E-state index contributed by atoms with van der Waals surface area (Å²) in [4.78, 5) is 0. The second-order valence-electron chi connectivity index (χ2n) is 6.48. The van der Waals surface area contributed by atoms with Crippen molar-refractivity contribution in [2.24, 2.45) is 0 Å². The second kappa shape index (κ2) is 6.38. The first kappa shape index (κ1) is 15.4. The number of benzene rings is 2. The van der Waals surface area contributed by atoms with E-state index < -0.39 is 6.10 Å². The second-order valence-corrected chi connectivity index (χ2v) is 6.48. The standard InChI is InChI=1S/C20H21FN2O/c21-16-7-3-6-15(13-16)19(20(24)17-8-4-11-22-17)23-12-10-14-5-1-2-9-18(14)23/h1-3,5-7,9-10,12-13,17,19-20,22,24H,4,8,11H2/t17-,19-,20?/m0/s1. The van der Waals surface area contributed by atoms with Gasteiger partial charge in [-0.3, -0.25) is 0 Å². The topological polar surface area (TPSA) is 37.2 Å². The molecule has 24 heavy (non-hydrogen) atoms. The fourth-order valence-electron chi connectivity index (χ4n) is 3.78. The summed E-state index contributed by atoms with van der Waals surface area (Å²) in [6, 6.07) is 16.4. The van der Waals surface area contributed by atoms with Crippen LogP contribution in [0.1, 0.15) is 24.4 Å². The molecule has 0 aliphatic carbocycles. The summed E-state index contributed by atoms with van der Waals surface area (Å²) in [6.45, 7) is 0.921. The molecule has 0 spiro atoms. The smallest absolute Gasteiger partial charge is 0.123 e. The lowest BCUT2D eigenvalue weighted by atomic mass is 9.94. The summed E-state index contributed by atoms with van der Waals surface area (Å²) in [5, 5.41) is 15.6. The molecule has 0 amide bonds. The highest BCUT2D eigenvalue weighted by Crippen LogP contribution is 2.31. The van der Waals surface area contributed by atoms with Gasteiger partial charge in [0, 0.05) is 17.8 Å². The average molecular weight is 324 g/mol. The molecule has 1 aliphatic heterocycles. The Bertz CT molecular complexity index is 838. The molecular weight excluding hydrogens is 303 g/mol. The summed E-state index contributed by atoms with van der Waals surface area (Å²) in [5.74, 6) is -0.277. The fourth-order valence-corrected chi connectivity index (χ4v) is 3.78. The van der Waals surface area contributed by atoms with Crippen LogP contribution in [0.3, 0.4) is 0 Å². The molecule has 1 fully saturated rings. The van der Waals surface area contributed by atoms with E-state index in [0.29, 0.717) is 0 Å². The van der Waals surface area contributed by atoms with Crippen LogP contribution in [-0.2, 0) is 0 Å². The molecule has 3 nitrogen and oxygen atoms in total. The molecule has 2 N–H and O–H groups in total. The Morgan fingerprint density at radius 3 is 2.79 bits per heavy atom. The minimum Gasteiger partial charge on any atom is -0.389 e. The summed E-state index contributed by atoms with van der Waals surface area (Å²) in [7, 11) is 0. The highest BCUT2D eigenvalue weighted by atomic mass is 19.1. The Morgan fingerprint density at radius 1 is 1.12 bits per heavy atom. The molecule has 2 aromatic carbocycles. The molecule has 4 heteroatoms. The summed E-state index contributed by atoms with van der Waals surface area (Å²) in [6.07, 6.45) is 3.36. The van der Waals surface area contributed by atoms with E-state index in [2.05, 4.69) is 16.0 Å². The quantitative estimate of drug-likeness (QED) is 0.771. The van der Waals surface area contributed by atoms with Crippen LogP contribution in [0.5, 0.6) is 0 Å². The molecular formula is C20H21FN2O. The third-order valence-corrected chi connectivity index (χ3v) is 4.95. The summed E-state index contributed by atoms with van der Waals surface area (Å²) < 4.78 is 15.9. The number of halogens is 1. The number of nitrogens with zero attached hydrogens (tertiary/aromatic N) is 1. The van der Waals surface area contributed by atoms with Crippen LogP contribution in [0, 0.1) is 5.82 Å². The number of fused-ring (bicyclic) bond motifs is 1. The first-order valence-electron chi connectivity index (χ1n) is 8.46. The van der Waals surface area contributed by atoms with Gasteiger partial charge in [-0.1, -0.05) is 30.3 Å². The van der Waals surface area contributed by atoms with Gasteiger partial charge in [-0.15, -0.1) is 0 Å². The van der Waals surface area contributed by atoms with Crippen molar-refractivity contribution in [2.45, 2.75) is 31.0 Å². The van der Waals surface area contributed by atoms with Crippen molar-refractivity contribution in [2.75, 3.05) is 6.54 Å². The van der Waals surface area contributed by atoms with Crippen LogP contribution in [0.25, 0.3) is 10.9 Å². The molecule has 1 saturated heterocycles. The molecule has 0 radical (unpaired) electrons. The summed E-state index contributed by atoms with van der Waals surface area (Å²) >= 11 is 0. The lowest BCUT2D eigenvalue weighted by Gasteiger charge is -2.30. The van der Waals surface area contributed by atoms with Crippen LogP contribution >= 0.6 is 0 Å². The van der Waals surface area contributed by atoms with Crippen LogP contribution in [0.4, 0.5) is 4.39 Å². The van der Waals surface area contributed by atoms with Crippen molar-refractivity contribution in [1.82, 2.24) is 9.88 Å². The monoisotopic (exact) mass is 324 g/mol. The third kappa shape index (κ3) is 2.72. The first-order valence-corrected chi connectivity index (χ1v) is 8.46. The minimum absolute atomic E-state index is 0.0272. The molecule has 1 aliphatic rings. The molecule has 3 aromatic rings. The Balaban J connectivity index is 1.83. The van der Waals surface area contributed by atoms with Crippen molar-refractivity contribution in [3.8, 4) is 0 Å². The van der Waals surface area contributed by atoms with E-state index in [9.17, 15) is 9.50 Å². The van der Waals surface area contributed by atoms with E-state index in [1.54, 1.807) is 6.07 Å². The fraction of sp³-hybridized carbons (Fsp3) is 0.300. The molecule has 0 bridgehead atoms. The maximum Gasteiger partial charge on any atom is 0.123 e. The number of aliphatic hydroxyl groups excluding tert-OH is 1. The zero-order chi connectivity index (χ0) is 16.5. The van der Waals surface area contributed by atoms with Crippen LogP contribution in [0.15, 0.2) is 60.8 Å². The first-order chi connectivity index (χ1) is 11.7. The molecule has 2 heterocycles. The number of rotatable bonds is 4. The van der Waals surface area contributed by atoms with Crippen molar-refractivity contribution >= 4 is 10.9 Å². The zero-order valence-corrected chi connectivity index (χ0v) is 13.4. The third-order valence-electron chi connectivity index (χ3n) is 4.95. The number of hydrogen-bond acceptors (Lipinski definition) is 2. The van der Waals surface area contributed by atoms with E-state index >= 15 is 0 Å². The van der Waals surface area contributed by atoms with Gasteiger partial charge in [-0.2, -0.15) is 0 Å². The van der Waals surface area contributed by atoms with E-state index in [-0.39, 0.29) is 17.9 Å². The Hall–Kier alpha value is -2.17. The van der Waals surface area contributed by atoms with E-state index in [4.69, 9.17) is 0 Å². The Kier molecular flexibility index (Phi) is 4.08. The van der Waals surface area contributed by atoms with Gasteiger partial charge < -0.3 is 15.0 Å². The van der Waals surface area contributed by atoms with Gasteiger partial charge in [-0.05, 0) is 54.6 Å². The van der Waals surface area contributed by atoms with Crippen molar-refractivity contribution in [1.29, 1.82) is 0 Å². The molecule has 1 unspecified atom stereocenters.